The molecule has 0 unspecified atom stereocenters. The molecule has 0 radical (unpaired) electrons. The van der Waals surface area contributed by atoms with Crippen LogP contribution in [0.5, 0.6) is 0 Å². The molecule has 2 heterocycles. The first-order chi connectivity index (χ1) is 13.3. The summed E-state index contributed by atoms with van der Waals surface area (Å²) in [4.78, 5) is 26.3. The minimum atomic E-state index is -0.507. The molecule has 0 saturated heterocycles. The van der Waals surface area contributed by atoms with Gasteiger partial charge >= 0.3 is 5.69 Å². The number of nitro benzene ring substituents is 1. The van der Waals surface area contributed by atoms with Crippen LogP contribution in [0, 0.1) is 24.0 Å². The van der Waals surface area contributed by atoms with Crippen LogP contribution in [0.1, 0.15) is 17.0 Å². The van der Waals surface area contributed by atoms with Gasteiger partial charge in [0.25, 0.3) is 5.69 Å². The van der Waals surface area contributed by atoms with Crippen LogP contribution in [0.3, 0.4) is 0 Å². The third-order valence-electron chi connectivity index (χ3n) is 4.64. The van der Waals surface area contributed by atoms with Gasteiger partial charge in [-0.05, 0) is 43.2 Å². The van der Waals surface area contributed by atoms with Crippen LogP contribution in [-0.4, -0.2) is 19.6 Å². The highest BCUT2D eigenvalue weighted by Gasteiger charge is 2.22. The molecular weight excluding hydrogens is 384 g/mol. The number of aromatic nitrogens is 3. The molecule has 28 heavy (non-hydrogen) atoms. The predicted octanol–water partition coefficient (Wildman–Crippen LogP) is 4.21. The van der Waals surface area contributed by atoms with E-state index in [4.69, 9.17) is 16.1 Å². The summed E-state index contributed by atoms with van der Waals surface area (Å²) < 4.78 is 6.66. The number of hydrogen-bond acceptors (Lipinski definition) is 5. The first kappa shape index (κ1) is 18.0. The fourth-order valence-electron chi connectivity index (χ4n) is 3.35. The molecule has 142 valence electrons. The lowest BCUT2D eigenvalue weighted by molar-refractivity contribution is -0.383. The summed E-state index contributed by atoms with van der Waals surface area (Å²) in [6.45, 7) is 3.75. The van der Waals surface area contributed by atoms with Crippen molar-refractivity contribution in [1.82, 2.24) is 14.7 Å². The zero-order valence-corrected chi connectivity index (χ0v) is 15.8. The van der Waals surface area contributed by atoms with Gasteiger partial charge in [0.2, 0.25) is 0 Å². The smallest absolute Gasteiger partial charge is 0.326 e. The lowest BCUT2D eigenvalue weighted by Crippen LogP contribution is -2.17. The van der Waals surface area contributed by atoms with E-state index in [0.717, 1.165) is 5.56 Å². The zero-order valence-electron chi connectivity index (χ0n) is 15.0. The SMILES string of the molecule is Cc1noc(C)c1-c1cc([N+](=O)[O-])c2[nH]c(=O)n(Cc3ccc(Cl)cc3)c2c1. The van der Waals surface area contributed by atoms with Crippen molar-refractivity contribution in [1.29, 1.82) is 0 Å². The molecule has 4 rings (SSSR count). The van der Waals surface area contributed by atoms with E-state index < -0.39 is 10.6 Å². The van der Waals surface area contributed by atoms with Gasteiger partial charge in [-0.3, -0.25) is 19.7 Å². The molecule has 8 nitrogen and oxygen atoms in total. The third kappa shape index (κ3) is 2.97. The number of hydrogen-bond donors (Lipinski definition) is 1. The van der Waals surface area contributed by atoms with Crippen molar-refractivity contribution in [2.24, 2.45) is 0 Å². The summed E-state index contributed by atoms with van der Waals surface area (Å²) in [7, 11) is 0. The standard InChI is InChI=1S/C19H15ClN4O4/c1-10-17(11(2)28-22-10)13-7-15-18(16(8-13)24(26)27)21-19(25)23(15)9-12-3-5-14(20)6-4-12/h3-8H,9H2,1-2H3,(H,21,25). The van der Waals surface area contributed by atoms with Crippen molar-refractivity contribution in [3.8, 4) is 11.1 Å². The van der Waals surface area contributed by atoms with E-state index in [9.17, 15) is 14.9 Å². The van der Waals surface area contributed by atoms with Crippen LogP contribution in [0.25, 0.3) is 22.2 Å². The number of halogens is 1. The second-order valence-corrected chi connectivity index (χ2v) is 6.92. The maximum Gasteiger partial charge on any atom is 0.326 e. The van der Waals surface area contributed by atoms with Crippen molar-refractivity contribution in [3.63, 3.8) is 0 Å². The third-order valence-corrected chi connectivity index (χ3v) is 4.89. The predicted molar refractivity (Wildman–Crippen MR) is 105 cm³/mol. The Morgan fingerprint density at radius 2 is 1.96 bits per heavy atom. The average molecular weight is 399 g/mol. The van der Waals surface area contributed by atoms with Crippen molar-refractivity contribution in [2.45, 2.75) is 20.4 Å². The number of non-ortho nitro benzene ring substituents is 1. The van der Waals surface area contributed by atoms with Gasteiger partial charge in [0.15, 0.2) is 0 Å². The molecule has 4 aromatic rings. The molecule has 0 aliphatic rings. The lowest BCUT2D eigenvalue weighted by Gasteiger charge is -2.06. The van der Waals surface area contributed by atoms with Crippen LogP contribution in [0.15, 0.2) is 45.7 Å². The van der Waals surface area contributed by atoms with Gasteiger partial charge in [-0.25, -0.2) is 4.79 Å². The van der Waals surface area contributed by atoms with E-state index in [-0.39, 0.29) is 17.7 Å². The number of fused-ring (bicyclic) bond motifs is 1. The minimum Gasteiger partial charge on any atom is -0.361 e. The first-order valence-electron chi connectivity index (χ1n) is 8.44. The van der Waals surface area contributed by atoms with Gasteiger partial charge in [-0.1, -0.05) is 28.9 Å². The molecule has 0 aliphatic heterocycles. The molecule has 1 N–H and O–H groups in total. The van der Waals surface area contributed by atoms with Gasteiger partial charge in [-0.15, -0.1) is 0 Å². The molecule has 0 aliphatic carbocycles. The van der Waals surface area contributed by atoms with E-state index in [1.807, 2.05) is 0 Å². The number of rotatable bonds is 4. The number of benzene rings is 2. The van der Waals surface area contributed by atoms with Gasteiger partial charge < -0.3 is 4.52 Å². The normalized spacial score (nSPS) is 11.2. The molecule has 0 atom stereocenters. The summed E-state index contributed by atoms with van der Waals surface area (Å²) in [5.74, 6) is 0.549. The van der Waals surface area contributed by atoms with Crippen LogP contribution in [0.4, 0.5) is 5.69 Å². The number of imidazole rings is 1. The van der Waals surface area contributed by atoms with Crippen LogP contribution in [-0.2, 0) is 6.54 Å². The molecule has 0 saturated carbocycles. The quantitative estimate of drug-likeness (QED) is 0.409. The van der Waals surface area contributed by atoms with Gasteiger partial charge in [0, 0.05) is 16.7 Å². The van der Waals surface area contributed by atoms with Crippen molar-refractivity contribution in [3.05, 3.63) is 79.0 Å². The highest BCUT2D eigenvalue weighted by Crippen LogP contribution is 2.34. The maximum absolute atomic E-state index is 12.5. The largest absolute Gasteiger partial charge is 0.361 e. The van der Waals surface area contributed by atoms with Crippen molar-refractivity contribution in [2.75, 3.05) is 0 Å². The molecule has 0 spiro atoms. The number of nitrogens with zero attached hydrogens (tertiary/aromatic N) is 3. The zero-order chi connectivity index (χ0) is 20.0. The topological polar surface area (TPSA) is 107 Å². The Labute approximate surface area is 163 Å². The molecule has 0 fully saturated rings. The highest BCUT2D eigenvalue weighted by atomic mass is 35.5. The Balaban J connectivity index is 1.96. The van der Waals surface area contributed by atoms with Gasteiger partial charge in [0.1, 0.15) is 11.3 Å². The highest BCUT2D eigenvalue weighted by molar-refractivity contribution is 6.30. The Kier molecular flexibility index (Phi) is 4.27. The van der Waals surface area contributed by atoms with Crippen LogP contribution < -0.4 is 5.69 Å². The van der Waals surface area contributed by atoms with Gasteiger partial charge in [-0.2, -0.15) is 0 Å². The summed E-state index contributed by atoms with van der Waals surface area (Å²) in [6.07, 6.45) is 0. The van der Waals surface area contributed by atoms with Crippen molar-refractivity contribution < 1.29 is 9.45 Å². The van der Waals surface area contributed by atoms with E-state index in [1.54, 1.807) is 44.2 Å². The summed E-state index contributed by atoms with van der Waals surface area (Å²) in [5.41, 5.74) is 2.72. The Morgan fingerprint density at radius 3 is 2.57 bits per heavy atom. The van der Waals surface area contributed by atoms with Crippen LogP contribution >= 0.6 is 11.6 Å². The summed E-state index contributed by atoms with van der Waals surface area (Å²) in [5, 5.41) is 16.1. The van der Waals surface area contributed by atoms with E-state index in [2.05, 4.69) is 10.1 Å². The Bertz CT molecular complexity index is 1250. The summed E-state index contributed by atoms with van der Waals surface area (Å²) in [6, 6.07) is 10.2. The Morgan fingerprint density at radius 1 is 1.25 bits per heavy atom. The summed E-state index contributed by atoms with van der Waals surface area (Å²) >= 11 is 5.92. The van der Waals surface area contributed by atoms with E-state index in [0.29, 0.717) is 33.1 Å². The number of H-pyrrole nitrogens is 1. The lowest BCUT2D eigenvalue weighted by atomic mass is 10.0. The second-order valence-electron chi connectivity index (χ2n) is 6.49. The molecule has 2 aromatic carbocycles. The van der Waals surface area contributed by atoms with Gasteiger partial charge in [0.05, 0.1) is 22.7 Å². The number of aryl methyl sites for hydroxylation is 2. The number of aromatic amines is 1. The second kappa shape index (κ2) is 6.65. The van der Waals surface area contributed by atoms with E-state index in [1.165, 1.54) is 10.6 Å². The minimum absolute atomic E-state index is 0.180. The number of nitrogens with one attached hydrogen (secondary N) is 1. The first-order valence-corrected chi connectivity index (χ1v) is 8.81. The molecule has 0 bridgehead atoms. The molecular formula is C19H15ClN4O4. The fourth-order valence-corrected chi connectivity index (χ4v) is 3.48. The molecule has 2 aromatic heterocycles. The maximum atomic E-state index is 12.5. The fraction of sp³-hybridized carbons (Fsp3) is 0.158. The monoisotopic (exact) mass is 398 g/mol. The van der Waals surface area contributed by atoms with E-state index >= 15 is 0 Å². The molecule has 9 heteroatoms. The Hall–Kier alpha value is -3.39. The number of nitro groups is 1. The average Bonchev–Trinajstić information content (AvgIpc) is 3.15. The molecule has 0 amide bonds. The van der Waals surface area contributed by atoms with Crippen LogP contribution in [0.2, 0.25) is 5.02 Å². The van der Waals surface area contributed by atoms with Crippen molar-refractivity contribution >= 4 is 28.3 Å².